The van der Waals surface area contributed by atoms with Crippen LogP contribution in [0.15, 0.2) is 54.2 Å². The molecule has 1 unspecified atom stereocenters. The zero-order valence-corrected chi connectivity index (χ0v) is 19.7. The van der Waals surface area contributed by atoms with E-state index in [9.17, 15) is 0 Å². The maximum Gasteiger partial charge on any atom is 0.157 e. The molecule has 1 aliphatic rings. The van der Waals surface area contributed by atoms with E-state index in [-0.39, 0.29) is 6.04 Å². The van der Waals surface area contributed by atoms with Gasteiger partial charge in [0.05, 0.1) is 25.5 Å². The SMILES string of the molecule is CNCc1ccccc1-c1csc(C(C)Nc2nncc3cnc(N4CCOCC4)cc23)c1. The highest BCUT2D eigenvalue weighted by Crippen LogP contribution is 2.33. The molecule has 2 N–H and O–H groups in total. The van der Waals surface area contributed by atoms with Crippen molar-refractivity contribution in [2.45, 2.75) is 19.5 Å². The van der Waals surface area contributed by atoms with Gasteiger partial charge in [0, 0.05) is 41.5 Å². The monoisotopic (exact) mass is 460 g/mol. The molecule has 4 aromatic rings. The Morgan fingerprint density at radius 2 is 2.00 bits per heavy atom. The summed E-state index contributed by atoms with van der Waals surface area (Å²) in [5.41, 5.74) is 3.82. The number of fused-ring (bicyclic) bond motifs is 1. The molecule has 8 heteroatoms. The Morgan fingerprint density at radius 3 is 2.85 bits per heavy atom. The van der Waals surface area contributed by atoms with Crippen molar-refractivity contribution >= 4 is 33.7 Å². The number of nitrogens with one attached hydrogen (secondary N) is 2. The van der Waals surface area contributed by atoms with Gasteiger partial charge in [0.15, 0.2) is 5.82 Å². The van der Waals surface area contributed by atoms with Crippen LogP contribution in [0, 0.1) is 0 Å². The molecule has 0 radical (unpaired) electrons. The van der Waals surface area contributed by atoms with E-state index in [4.69, 9.17) is 4.74 Å². The Labute approximate surface area is 197 Å². The second kappa shape index (κ2) is 9.82. The first-order valence-electron chi connectivity index (χ1n) is 11.2. The van der Waals surface area contributed by atoms with Gasteiger partial charge in [-0.2, -0.15) is 5.10 Å². The maximum atomic E-state index is 5.48. The van der Waals surface area contributed by atoms with Crippen molar-refractivity contribution in [2.75, 3.05) is 43.6 Å². The largest absolute Gasteiger partial charge is 0.378 e. The van der Waals surface area contributed by atoms with Crippen LogP contribution >= 0.6 is 11.3 Å². The summed E-state index contributed by atoms with van der Waals surface area (Å²) in [5.74, 6) is 1.73. The van der Waals surface area contributed by atoms with Gasteiger partial charge in [-0.05, 0) is 48.2 Å². The summed E-state index contributed by atoms with van der Waals surface area (Å²) >= 11 is 1.76. The van der Waals surface area contributed by atoms with E-state index in [1.807, 2.05) is 13.2 Å². The summed E-state index contributed by atoms with van der Waals surface area (Å²) in [4.78, 5) is 8.15. The van der Waals surface area contributed by atoms with Crippen molar-refractivity contribution in [3.63, 3.8) is 0 Å². The van der Waals surface area contributed by atoms with Crippen molar-refractivity contribution in [1.82, 2.24) is 20.5 Å². The number of nitrogens with zero attached hydrogens (tertiary/aromatic N) is 4. The smallest absolute Gasteiger partial charge is 0.157 e. The standard InChI is InChI=1S/C25H28N6OS/c1-17(23-11-19(16-33-23)21-6-4-3-5-18(21)13-26-2)29-25-22-12-24(31-7-9-32-10-8-31)27-14-20(22)15-28-30-25/h3-6,11-12,14-17,26H,7-10,13H2,1-2H3,(H,29,30). The zero-order chi connectivity index (χ0) is 22.6. The number of morpholine rings is 1. The molecule has 0 saturated carbocycles. The Morgan fingerprint density at radius 1 is 1.15 bits per heavy atom. The maximum absolute atomic E-state index is 5.48. The minimum Gasteiger partial charge on any atom is -0.378 e. The van der Waals surface area contributed by atoms with E-state index in [1.54, 1.807) is 17.5 Å². The van der Waals surface area contributed by atoms with E-state index >= 15 is 0 Å². The van der Waals surface area contributed by atoms with Crippen LogP contribution in [0.1, 0.15) is 23.4 Å². The van der Waals surface area contributed by atoms with Crippen LogP contribution < -0.4 is 15.5 Å². The Bertz CT molecular complexity index is 1240. The van der Waals surface area contributed by atoms with E-state index < -0.39 is 0 Å². The third-order valence-electron chi connectivity index (χ3n) is 5.96. The van der Waals surface area contributed by atoms with Gasteiger partial charge in [0.25, 0.3) is 0 Å². The fourth-order valence-electron chi connectivity index (χ4n) is 4.18. The third kappa shape index (κ3) is 4.68. The second-order valence-electron chi connectivity index (χ2n) is 8.21. The number of hydrogen-bond acceptors (Lipinski definition) is 8. The van der Waals surface area contributed by atoms with Crippen LogP contribution in [0.4, 0.5) is 11.6 Å². The average molecular weight is 461 g/mol. The van der Waals surface area contributed by atoms with Crippen molar-refractivity contribution in [3.8, 4) is 11.1 Å². The molecule has 33 heavy (non-hydrogen) atoms. The lowest BCUT2D eigenvalue weighted by molar-refractivity contribution is 0.122. The summed E-state index contributed by atoms with van der Waals surface area (Å²) in [6.07, 6.45) is 3.65. The molecule has 3 aromatic heterocycles. The topological polar surface area (TPSA) is 75.2 Å². The summed E-state index contributed by atoms with van der Waals surface area (Å²) in [6.45, 7) is 6.18. The number of ether oxygens (including phenoxy) is 1. The minimum atomic E-state index is 0.0973. The van der Waals surface area contributed by atoms with E-state index in [0.717, 1.165) is 55.3 Å². The van der Waals surface area contributed by atoms with Crippen LogP contribution in [0.25, 0.3) is 21.9 Å². The van der Waals surface area contributed by atoms with Gasteiger partial charge in [-0.25, -0.2) is 4.98 Å². The number of thiophene rings is 1. The molecule has 1 atom stereocenters. The van der Waals surface area contributed by atoms with Gasteiger partial charge in [0.2, 0.25) is 0 Å². The Balaban J connectivity index is 1.40. The summed E-state index contributed by atoms with van der Waals surface area (Å²) in [7, 11) is 1.98. The Hall–Kier alpha value is -3.07. The molecule has 5 rings (SSSR count). The number of hydrogen-bond donors (Lipinski definition) is 2. The zero-order valence-electron chi connectivity index (χ0n) is 18.9. The molecular weight excluding hydrogens is 432 g/mol. The molecule has 0 amide bonds. The molecule has 0 spiro atoms. The highest BCUT2D eigenvalue weighted by Gasteiger charge is 2.17. The van der Waals surface area contributed by atoms with E-state index in [2.05, 4.69) is 79.4 Å². The van der Waals surface area contributed by atoms with Gasteiger partial charge in [-0.1, -0.05) is 24.3 Å². The molecule has 170 valence electrons. The number of aromatic nitrogens is 3. The second-order valence-corrected chi connectivity index (χ2v) is 9.16. The van der Waals surface area contributed by atoms with Gasteiger partial charge in [-0.15, -0.1) is 16.4 Å². The number of benzene rings is 1. The highest BCUT2D eigenvalue weighted by molar-refractivity contribution is 7.10. The van der Waals surface area contributed by atoms with Crippen molar-refractivity contribution in [3.05, 3.63) is 64.6 Å². The molecule has 4 heterocycles. The molecule has 1 fully saturated rings. The Kier molecular flexibility index (Phi) is 6.48. The quantitative estimate of drug-likeness (QED) is 0.421. The normalized spacial score (nSPS) is 15.0. The molecule has 1 aliphatic heterocycles. The fourth-order valence-corrected chi connectivity index (χ4v) is 5.10. The van der Waals surface area contributed by atoms with Crippen molar-refractivity contribution < 1.29 is 4.74 Å². The minimum absolute atomic E-state index is 0.0973. The average Bonchev–Trinajstić information content (AvgIpc) is 3.35. The van der Waals surface area contributed by atoms with Crippen LogP contribution in [0.5, 0.6) is 0 Å². The van der Waals surface area contributed by atoms with Gasteiger partial charge in [0.1, 0.15) is 5.82 Å². The van der Waals surface area contributed by atoms with Crippen LogP contribution in [0.2, 0.25) is 0 Å². The predicted molar refractivity (Wildman–Crippen MR) is 135 cm³/mol. The lowest BCUT2D eigenvalue weighted by atomic mass is 10.0. The van der Waals surface area contributed by atoms with Gasteiger partial charge >= 0.3 is 0 Å². The van der Waals surface area contributed by atoms with Crippen LogP contribution in [-0.2, 0) is 11.3 Å². The molecular formula is C25H28N6OS. The lowest BCUT2D eigenvalue weighted by Crippen LogP contribution is -2.36. The summed E-state index contributed by atoms with van der Waals surface area (Å²) in [5, 5.41) is 19.7. The first-order chi connectivity index (χ1) is 16.2. The molecule has 1 aromatic carbocycles. The van der Waals surface area contributed by atoms with Crippen LogP contribution in [-0.4, -0.2) is 48.5 Å². The predicted octanol–water partition coefficient (Wildman–Crippen LogP) is 4.48. The van der Waals surface area contributed by atoms with Crippen molar-refractivity contribution in [2.24, 2.45) is 0 Å². The number of pyridine rings is 1. The van der Waals surface area contributed by atoms with Gasteiger partial charge in [-0.3, -0.25) is 0 Å². The molecule has 0 aliphatic carbocycles. The number of anilines is 2. The fraction of sp³-hybridized carbons (Fsp3) is 0.320. The highest BCUT2D eigenvalue weighted by atomic mass is 32.1. The molecule has 0 bridgehead atoms. The third-order valence-corrected chi connectivity index (χ3v) is 7.08. The van der Waals surface area contributed by atoms with Crippen molar-refractivity contribution in [1.29, 1.82) is 0 Å². The first kappa shape index (κ1) is 21.8. The van der Waals surface area contributed by atoms with E-state index in [0.29, 0.717) is 0 Å². The molecule has 1 saturated heterocycles. The van der Waals surface area contributed by atoms with E-state index in [1.165, 1.54) is 21.6 Å². The number of rotatable bonds is 7. The first-order valence-corrected chi connectivity index (χ1v) is 12.1. The van der Waals surface area contributed by atoms with Gasteiger partial charge < -0.3 is 20.3 Å². The van der Waals surface area contributed by atoms with Crippen LogP contribution in [0.3, 0.4) is 0 Å². The summed E-state index contributed by atoms with van der Waals surface area (Å²) in [6, 6.07) is 13.0. The molecule has 7 nitrogen and oxygen atoms in total. The summed E-state index contributed by atoms with van der Waals surface area (Å²) < 4.78 is 5.48. The lowest BCUT2D eigenvalue weighted by Gasteiger charge is -2.28.